The first kappa shape index (κ1) is 17.6. The molecule has 0 unspecified atom stereocenters. The van der Waals surface area contributed by atoms with Gasteiger partial charge < -0.3 is 22.3 Å². The van der Waals surface area contributed by atoms with Gasteiger partial charge in [0.15, 0.2) is 17.3 Å². The summed E-state index contributed by atoms with van der Waals surface area (Å²) < 4.78 is 65.7. The largest absolute Gasteiger partial charge is 0.738 e. The second kappa shape index (κ2) is 5.85. The third kappa shape index (κ3) is 2.28. The van der Waals surface area contributed by atoms with Crippen LogP contribution in [-0.2, 0) is 0 Å². The molecule has 10 heteroatoms. The molecule has 0 saturated carbocycles. The highest BCUT2D eigenvalue weighted by Gasteiger charge is 2.54. The summed E-state index contributed by atoms with van der Waals surface area (Å²) >= 11 is 6.23. The highest BCUT2D eigenvalue weighted by atomic mass is 79.9. The van der Waals surface area contributed by atoms with Crippen molar-refractivity contribution < 1.29 is 26.6 Å². The van der Waals surface area contributed by atoms with Gasteiger partial charge in [-0.25, -0.2) is 8.78 Å². The molecule has 0 atom stereocenters. The maximum Gasteiger partial charge on any atom is 0.738 e. The summed E-state index contributed by atoms with van der Waals surface area (Å²) in [5.41, 5.74) is 0.202. The Labute approximate surface area is 162 Å². The van der Waals surface area contributed by atoms with E-state index in [1.807, 2.05) is 0 Å². The maximum atomic E-state index is 15.1. The van der Waals surface area contributed by atoms with Gasteiger partial charge >= 0.3 is 6.97 Å². The van der Waals surface area contributed by atoms with Crippen molar-refractivity contribution in [3.8, 4) is 5.75 Å². The number of aromatic nitrogens is 1. The fourth-order valence-corrected chi connectivity index (χ4v) is 4.42. The Morgan fingerprint density at radius 2 is 1.81 bits per heavy atom. The molecule has 0 saturated heterocycles. The van der Waals surface area contributed by atoms with Crippen molar-refractivity contribution in [1.29, 1.82) is 0 Å². The number of hydrogen-bond donors (Lipinski definition) is 0. The smallest absolute Gasteiger partial charge is 0.494 e. The van der Waals surface area contributed by atoms with E-state index in [-0.39, 0.29) is 37.5 Å². The van der Waals surface area contributed by atoms with E-state index in [1.165, 1.54) is 31.4 Å². The fraction of sp³-hybridized carbons (Fsp3) is 0.0625. The van der Waals surface area contributed by atoms with Crippen molar-refractivity contribution in [2.24, 2.45) is 0 Å². The summed E-state index contributed by atoms with van der Waals surface area (Å²) in [5, 5.41) is 0. The third-order valence-electron chi connectivity index (χ3n) is 4.38. The van der Waals surface area contributed by atoms with E-state index in [2.05, 4.69) is 31.9 Å². The summed E-state index contributed by atoms with van der Waals surface area (Å²) in [6, 6.07) is 4.75. The van der Waals surface area contributed by atoms with Gasteiger partial charge in [-0.3, -0.25) is 0 Å². The summed E-state index contributed by atoms with van der Waals surface area (Å²) in [4.78, 5) is 0. The predicted octanol–water partition coefficient (Wildman–Crippen LogP) is 4.91. The molecule has 4 rings (SSSR count). The van der Waals surface area contributed by atoms with Crippen LogP contribution in [0.5, 0.6) is 5.75 Å². The zero-order valence-corrected chi connectivity index (χ0v) is 16.3. The average Bonchev–Trinajstić information content (AvgIpc) is 3.15. The van der Waals surface area contributed by atoms with Crippen LogP contribution in [0.1, 0.15) is 11.3 Å². The molecule has 0 spiro atoms. The molecule has 3 nitrogen and oxygen atoms in total. The number of methoxy groups -OCH3 is 1. The van der Waals surface area contributed by atoms with Gasteiger partial charge in [-0.05, 0) is 34.1 Å². The van der Waals surface area contributed by atoms with Crippen molar-refractivity contribution in [3.05, 3.63) is 69.6 Å². The van der Waals surface area contributed by atoms with E-state index in [1.54, 1.807) is 0 Å². The van der Waals surface area contributed by atoms with Crippen LogP contribution in [0.4, 0.5) is 17.4 Å². The Morgan fingerprint density at radius 1 is 1.08 bits per heavy atom. The number of fused-ring (bicyclic) bond motifs is 2. The molecule has 0 radical (unpaired) electrons. The van der Waals surface area contributed by atoms with Crippen LogP contribution in [0.15, 0.2) is 46.7 Å². The third-order valence-corrected chi connectivity index (χ3v) is 5.67. The molecule has 2 aromatic rings. The van der Waals surface area contributed by atoms with Gasteiger partial charge in [0.25, 0.3) is 0 Å². The van der Waals surface area contributed by atoms with E-state index in [4.69, 9.17) is 4.74 Å². The number of allylic oxidation sites excluding steroid dienone is 2. The lowest BCUT2D eigenvalue weighted by Crippen LogP contribution is -2.50. The molecule has 134 valence electrons. The zero-order chi connectivity index (χ0) is 18.8. The van der Waals surface area contributed by atoms with Gasteiger partial charge in [0.2, 0.25) is 4.62 Å². The van der Waals surface area contributed by atoms with Crippen LogP contribution >= 0.6 is 31.9 Å². The minimum Gasteiger partial charge on any atom is -0.494 e. The lowest BCUT2D eigenvalue weighted by atomic mass is 9.86. The van der Waals surface area contributed by atoms with Crippen LogP contribution in [-0.4, -0.2) is 27.7 Å². The van der Waals surface area contributed by atoms with Crippen molar-refractivity contribution in [1.82, 2.24) is 4.48 Å². The first-order valence-electron chi connectivity index (χ1n) is 7.44. The standard InChI is InChI=1S/C16H9BBr2F4N2O/c1-26-13-7-9(20)8(6-10(13)21)16-11-2-4-14(18)24(11)17(22,23)25-12(16)3-5-15(25)19/h2-7H,1H3. The quantitative estimate of drug-likeness (QED) is 0.431. The lowest BCUT2D eigenvalue weighted by molar-refractivity contribution is -0.358. The van der Waals surface area contributed by atoms with Gasteiger partial charge in [-0.2, -0.15) is 0 Å². The van der Waals surface area contributed by atoms with E-state index in [9.17, 15) is 8.78 Å². The Hall–Kier alpha value is -1.81. The van der Waals surface area contributed by atoms with Crippen LogP contribution < -0.4 is 4.74 Å². The van der Waals surface area contributed by atoms with Gasteiger partial charge in [0.05, 0.1) is 17.3 Å². The van der Waals surface area contributed by atoms with Crippen LogP contribution in [0.3, 0.4) is 0 Å². The molecule has 0 fully saturated rings. The SMILES string of the molecule is COc1cc(F)c(C2=C3C=CC(Br)=[N+]3[B-](F)(F)n3c(Br)ccc32)cc1F. The van der Waals surface area contributed by atoms with Gasteiger partial charge in [0, 0.05) is 45.4 Å². The molecule has 1 aromatic carbocycles. The molecule has 0 N–H and O–H groups in total. The molecule has 0 amide bonds. The molecule has 0 bridgehead atoms. The van der Waals surface area contributed by atoms with Gasteiger partial charge in [-0.15, -0.1) is 0 Å². The number of halogens is 6. The average molecular weight is 492 g/mol. The van der Waals surface area contributed by atoms with Gasteiger partial charge in [0.1, 0.15) is 5.82 Å². The Kier molecular flexibility index (Phi) is 3.96. The van der Waals surface area contributed by atoms with E-state index in [0.717, 1.165) is 21.1 Å². The number of rotatable bonds is 2. The normalized spacial score (nSPS) is 17.7. The molecule has 2 aliphatic rings. The van der Waals surface area contributed by atoms with Crippen molar-refractivity contribution in [2.75, 3.05) is 7.11 Å². The van der Waals surface area contributed by atoms with Crippen LogP contribution in [0.2, 0.25) is 0 Å². The first-order valence-corrected chi connectivity index (χ1v) is 9.03. The van der Waals surface area contributed by atoms with Crippen molar-refractivity contribution >= 4 is 49.0 Å². The first-order chi connectivity index (χ1) is 12.3. The minimum atomic E-state index is -4.22. The monoisotopic (exact) mass is 490 g/mol. The fourth-order valence-electron chi connectivity index (χ4n) is 3.28. The van der Waals surface area contributed by atoms with E-state index >= 15 is 8.63 Å². The molecule has 26 heavy (non-hydrogen) atoms. The second-order valence-electron chi connectivity index (χ2n) is 5.75. The van der Waals surface area contributed by atoms with Crippen molar-refractivity contribution in [3.63, 3.8) is 0 Å². The highest BCUT2D eigenvalue weighted by molar-refractivity contribution is 9.18. The summed E-state index contributed by atoms with van der Waals surface area (Å²) in [5.74, 6) is -1.82. The zero-order valence-electron chi connectivity index (χ0n) is 13.1. The number of hydrogen-bond acceptors (Lipinski definition) is 1. The highest BCUT2D eigenvalue weighted by Crippen LogP contribution is 2.43. The van der Waals surface area contributed by atoms with Crippen molar-refractivity contribution in [2.45, 2.75) is 0 Å². The molecule has 2 aliphatic heterocycles. The Balaban J connectivity index is 2.10. The molecular weight excluding hydrogens is 483 g/mol. The lowest BCUT2D eigenvalue weighted by Gasteiger charge is -2.32. The Bertz CT molecular complexity index is 1060. The minimum absolute atomic E-state index is 0.0865. The van der Waals surface area contributed by atoms with E-state index in [0.29, 0.717) is 0 Å². The second-order valence-corrected chi connectivity index (χ2v) is 7.38. The van der Waals surface area contributed by atoms with E-state index < -0.39 is 18.6 Å². The summed E-state index contributed by atoms with van der Waals surface area (Å²) in [6.45, 7) is -4.22. The summed E-state index contributed by atoms with van der Waals surface area (Å²) in [6.07, 6.45) is 2.89. The molecule has 1 aromatic heterocycles. The maximum absolute atomic E-state index is 15.1. The van der Waals surface area contributed by atoms with Crippen LogP contribution in [0, 0.1) is 11.6 Å². The summed E-state index contributed by atoms with van der Waals surface area (Å²) in [7, 11) is 1.22. The Morgan fingerprint density at radius 3 is 2.50 bits per heavy atom. The molecule has 3 heterocycles. The predicted molar refractivity (Wildman–Crippen MR) is 97.8 cm³/mol. The topological polar surface area (TPSA) is 17.2 Å². The number of benzene rings is 1. The molecular formula is C16H9BBr2F4N2O. The molecule has 0 aliphatic carbocycles. The number of ether oxygens (including phenoxy) is 1. The van der Waals surface area contributed by atoms with Crippen LogP contribution in [0.25, 0.3) is 5.57 Å². The number of nitrogens with zero attached hydrogens (tertiary/aromatic N) is 2. The van der Waals surface area contributed by atoms with Gasteiger partial charge in [-0.1, -0.05) is 0 Å².